The van der Waals surface area contributed by atoms with E-state index in [1.165, 1.54) is 24.3 Å². The number of carbonyl (C=O) groups excluding carboxylic acids is 1. The standard InChI is InChI=1S/C28H24F8N2O/c29-21-13-19(12-20(14-21)27(31,32)33)26(17-6-2-1-3-7-17,16-37-25(39)38-22-8-4-5-9-22)18-10-11-24(30)23(15-18)28(34,35)36/h1-3,6-7,10-15,22H,4-5,8-9,16H2,(H2,37,38,39). The predicted octanol–water partition coefficient (Wildman–Crippen LogP) is 7.58. The van der Waals surface area contributed by atoms with Gasteiger partial charge in [-0.2, -0.15) is 26.3 Å². The number of halogens is 8. The summed E-state index contributed by atoms with van der Waals surface area (Å²) in [5.74, 6) is -2.87. The van der Waals surface area contributed by atoms with E-state index in [2.05, 4.69) is 10.6 Å². The fourth-order valence-corrected chi connectivity index (χ4v) is 5.06. The molecule has 39 heavy (non-hydrogen) atoms. The molecule has 2 amide bonds. The SMILES string of the molecule is O=C(NCC(c1ccccc1)(c1cc(F)cc(C(F)(F)F)c1)c1ccc(F)c(C(F)(F)F)c1)NC1CCCC1. The number of hydrogen-bond donors (Lipinski definition) is 2. The van der Waals surface area contributed by atoms with E-state index in [0.29, 0.717) is 18.2 Å². The lowest BCUT2D eigenvalue weighted by Gasteiger charge is -2.37. The zero-order chi connectivity index (χ0) is 28.4. The second-order valence-electron chi connectivity index (χ2n) is 9.50. The van der Waals surface area contributed by atoms with E-state index in [1.54, 1.807) is 6.07 Å². The average Bonchev–Trinajstić information content (AvgIpc) is 3.37. The minimum absolute atomic E-state index is 0.134. The third kappa shape index (κ3) is 6.17. The molecule has 0 bridgehead atoms. The molecule has 1 unspecified atom stereocenters. The predicted molar refractivity (Wildman–Crippen MR) is 128 cm³/mol. The van der Waals surface area contributed by atoms with Crippen molar-refractivity contribution in [3.63, 3.8) is 0 Å². The van der Waals surface area contributed by atoms with Gasteiger partial charge < -0.3 is 10.6 Å². The fourth-order valence-electron chi connectivity index (χ4n) is 5.06. The second kappa shape index (κ2) is 10.9. The Morgan fingerprint density at radius 2 is 1.38 bits per heavy atom. The van der Waals surface area contributed by atoms with Crippen LogP contribution in [0.5, 0.6) is 0 Å². The van der Waals surface area contributed by atoms with E-state index in [1.807, 2.05) is 0 Å². The zero-order valence-electron chi connectivity index (χ0n) is 20.4. The summed E-state index contributed by atoms with van der Waals surface area (Å²) in [6.07, 6.45) is -6.86. The van der Waals surface area contributed by atoms with Crippen LogP contribution >= 0.6 is 0 Å². The Labute approximate surface area is 219 Å². The number of rotatable bonds is 6. The molecule has 1 aliphatic carbocycles. The van der Waals surface area contributed by atoms with E-state index in [0.717, 1.165) is 37.8 Å². The first-order valence-corrected chi connectivity index (χ1v) is 12.2. The van der Waals surface area contributed by atoms with Crippen LogP contribution in [0.15, 0.2) is 66.7 Å². The van der Waals surface area contributed by atoms with Crippen LogP contribution in [-0.2, 0) is 17.8 Å². The van der Waals surface area contributed by atoms with Gasteiger partial charge in [0.15, 0.2) is 0 Å². The summed E-state index contributed by atoms with van der Waals surface area (Å²) in [5, 5.41) is 5.32. The fraction of sp³-hybridized carbons (Fsp3) is 0.321. The third-order valence-electron chi connectivity index (χ3n) is 6.95. The Hall–Kier alpha value is -3.63. The summed E-state index contributed by atoms with van der Waals surface area (Å²) < 4.78 is 111. The Kier molecular flexibility index (Phi) is 7.90. The number of urea groups is 1. The number of nitrogens with one attached hydrogen (secondary N) is 2. The van der Waals surface area contributed by atoms with Crippen LogP contribution in [0.3, 0.4) is 0 Å². The zero-order valence-corrected chi connectivity index (χ0v) is 20.4. The van der Waals surface area contributed by atoms with Crippen LogP contribution < -0.4 is 10.6 Å². The Balaban J connectivity index is 1.95. The van der Waals surface area contributed by atoms with Gasteiger partial charge in [-0.3, -0.25) is 0 Å². The highest BCUT2D eigenvalue weighted by atomic mass is 19.4. The molecule has 3 aromatic carbocycles. The van der Waals surface area contributed by atoms with Gasteiger partial charge >= 0.3 is 18.4 Å². The molecule has 1 aliphatic rings. The number of hydrogen-bond acceptors (Lipinski definition) is 1. The van der Waals surface area contributed by atoms with Gasteiger partial charge in [-0.05, 0) is 59.9 Å². The molecule has 2 N–H and O–H groups in total. The van der Waals surface area contributed by atoms with Crippen LogP contribution in [-0.4, -0.2) is 18.6 Å². The summed E-state index contributed by atoms with van der Waals surface area (Å²) in [7, 11) is 0. The first-order valence-electron chi connectivity index (χ1n) is 12.2. The molecule has 1 atom stereocenters. The van der Waals surface area contributed by atoms with Gasteiger partial charge in [0.25, 0.3) is 0 Å². The molecule has 0 heterocycles. The summed E-state index contributed by atoms with van der Waals surface area (Å²) in [4.78, 5) is 12.8. The number of amides is 2. The van der Waals surface area contributed by atoms with E-state index in [-0.39, 0.29) is 28.8 Å². The molecule has 0 aromatic heterocycles. The summed E-state index contributed by atoms with van der Waals surface area (Å²) >= 11 is 0. The van der Waals surface area contributed by atoms with E-state index < -0.39 is 53.1 Å². The summed E-state index contributed by atoms with van der Waals surface area (Å²) in [6.45, 7) is -0.556. The van der Waals surface area contributed by atoms with Crippen molar-refractivity contribution in [2.45, 2.75) is 49.5 Å². The lowest BCUT2D eigenvalue weighted by molar-refractivity contribution is -0.140. The minimum atomic E-state index is -5.13. The van der Waals surface area contributed by atoms with E-state index >= 15 is 0 Å². The molecule has 4 rings (SSSR count). The van der Waals surface area contributed by atoms with Gasteiger partial charge in [-0.25, -0.2) is 13.6 Å². The molecule has 0 saturated heterocycles. The normalized spacial score (nSPS) is 16.1. The van der Waals surface area contributed by atoms with Crippen LogP contribution in [0.4, 0.5) is 39.9 Å². The maximum Gasteiger partial charge on any atom is 0.419 e. The summed E-state index contributed by atoms with van der Waals surface area (Å²) in [5.41, 5.74) is -5.49. The van der Waals surface area contributed by atoms with Crippen molar-refractivity contribution < 1.29 is 39.9 Å². The molecular formula is C28H24F8N2O. The van der Waals surface area contributed by atoms with Crippen molar-refractivity contribution in [1.29, 1.82) is 0 Å². The van der Waals surface area contributed by atoms with Gasteiger partial charge in [0.2, 0.25) is 0 Å². The summed E-state index contributed by atoms with van der Waals surface area (Å²) in [6, 6.07) is 10.3. The minimum Gasteiger partial charge on any atom is -0.337 e. The second-order valence-corrected chi connectivity index (χ2v) is 9.50. The van der Waals surface area contributed by atoms with Crippen molar-refractivity contribution in [2.24, 2.45) is 0 Å². The first kappa shape index (κ1) is 28.4. The monoisotopic (exact) mass is 556 g/mol. The molecular weight excluding hydrogens is 532 g/mol. The number of carbonyl (C=O) groups is 1. The van der Waals surface area contributed by atoms with Crippen molar-refractivity contribution in [2.75, 3.05) is 6.54 Å². The van der Waals surface area contributed by atoms with Crippen LogP contribution in [0, 0.1) is 11.6 Å². The van der Waals surface area contributed by atoms with Crippen molar-refractivity contribution in [3.05, 3.63) is 106 Å². The van der Waals surface area contributed by atoms with Crippen molar-refractivity contribution in [1.82, 2.24) is 10.6 Å². The van der Waals surface area contributed by atoms with Crippen LogP contribution in [0.25, 0.3) is 0 Å². The van der Waals surface area contributed by atoms with Crippen molar-refractivity contribution >= 4 is 6.03 Å². The average molecular weight is 556 g/mol. The highest BCUT2D eigenvalue weighted by Gasteiger charge is 2.42. The smallest absolute Gasteiger partial charge is 0.337 e. The molecule has 208 valence electrons. The molecule has 3 nitrogen and oxygen atoms in total. The molecule has 0 radical (unpaired) electrons. The Morgan fingerprint density at radius 1 is 0.744 bits per heavy atom. The molecule has 1 fully saturated rings. The molecule has 0 spiro atoms. The Morgan fingerprint density at radius 3 is 2.00 bits per heavy atom. The molecule has 0 aliphatic heterocycles. The maximum absolute atomic E-state index is 14.7. The maximum atomic E-state index is 14.7. The first-order chi connectivity index (χ1) is 18.3. The van der Waals surface area contributed by atoms with Gasteiger partial charge in [-0.15, -0.1) is 0 Å². The molecule has 1 saturated carbocycles. The van der Waals surface area contributed by atoms with Crippen LogP contribution in [0.2, 0.25) is 0 Å². The number of alkyl halides is 6. The van der Waals surface area contributed by atoms with E-state index in [4.69, 9.17) is 0 Å². The van der Waals surface area contributed by atoms with Crippen molar-refractivity contribution in [3.8, 4) is 0 Å². The highest BCUT2D eigenvalue weighted by molar-refractivity contribution is 5.75. The largest absolute Gasteiger partial charge is 0.419 e. The molecule has 11 heteroatoms. The van der Waals surface area contributed by atoms with Gasteiger partial charge in [0, 0.05) is 12.6 Å². The third-order valence-corrected chi connectivity index (χ3v) is 6.95. The van der Waals surface area contributed by atoms with Gasteiger partial charge in [-0.1, -0.05) is 49.2 Å². The van der Waals surface area contributed by atoms with Gasteiger partial charge in [0.1, 0.15) is 11.6 Å². The van der Waals surface area contributed by atoms with Crippen LogP contribution in [0.1, 0.15) is 53.5 Å². The Bertz CT molecular complexity index is 1320. The lowest BCUT2D eigenvalue weighted by atomic mass is 9.68. The topological polar surface area (TPSA) is 41.1 Å². The quantitative estimate of drug-likeness (QED) is 0.239. The lowest BCUT2D eigenvalue weighted by Crippen LogP contribution is -2.48. The van der Waals surface area contributed by atoms with Gasteiger partial charge in [0.05, 0.1) is 16.5 Å². The van der Waals surface area contributed by atoms with E-state index in [9.17, 15) is 39.9 Å². The number of benzene rings is 3. The molecule has 3 aromatic rings. The highest BCUT2D eigenvalue weighted by Crippen LogP contribution is 2.43.